The summed E-state index contributed by atoms with van der Waals surface area (Å²) in [7, 11) is 5.16. The fourth-order valence-electron chi connectivity index (χ4n) is 2.99. The first-order chi connectivity index (χ1) is 11.6. The number of fused-ring (bicyclic) bond motifs is 1. The highest BCUT2D eigenvalue weighted by molar-refractivity contribution is 6.23. The fraction of sp³-hybridized carbons (Fsp3) is 0.412. The van der Waals surface area contributed by atoms with Crippen LogP contribution in [0, 0.1) is 5.41 Å². The van der Waals surface area contributed by atoms with Gasteiger partial charge in [0.25, 0.3) is 0 Å². The van der Waals surface area contributed by atoms with Gasteiger partial charge in [-0.15, -0.1) is 0 Å². The van der Waals surface area contributed by atoms with Gasteiger partial charge in [-0.1, -0.05) is 0 Å². The third-order valence-corrected chi connectivity index (χ3v) is 4.27. The summed E-state index contributed by atoms with van der Waals surface area (Å²) in [6, 6.07) is 5.65. The van der Waals surface area contributed by atoms with Crippen molar-refractivity contribution < 1.29 is 14.6 Å². The van der Waals surface area contributed by atoms with Crippen LogP contribution in [0.4, 0.5) is 0 Å². The van der Waals surface area contributed by atoms with Crippen LogP contribution in [-0.4, -0.2) is 59.3 Å². The number of rotatable bonds is 6. The van der Waals surface area contributed by atoms with Gasteiger partial charge >= 0.3 is 0 Å². The number of aromatic nitrogens is 2. The molecule has 0 spiro atoms. The van der Waals surface area contributed by atoms with E-state index in [2.05, 4.69) is 4.98 Å². The maximum Gasteiger partial charge on any atom is 0.148 e. The second-order valence-electron chi connectivity index (χ2n) is 5.79. The molecular weight excluding hydrogens is 308 g/mol. The van der Waals surface area contributed by atoms with Crippen LogP contribution >= 0.6 is 0 Å². The molecule has 0 atom stereocenters. The van der Waals surface area contributed by atoms with Gasteiger partial charge in [-0.3, -0.25) is 5.41 Å². The fourth-order valence-corrected chi connectivity index (χ4v) is 2.99. The van der Waals surface area contributed by atoms with Crippen LogP contribution in [-0.2, 0) is 11.8 Å². The van der Waals surface area contributed by atoms with E-state index in [1.54, 1.807) is 14.2 Å². The summed E-state index contributed by atoms with van der Waals surface area (Å²) in [4.78, 5) is 6.44. The molecule has 3 rings (SSSR count). The first-order valence-electron chi connectivity index (χ1n) is 7.82. The highest BCUT2D eigenvalue weighted by Crippen LogP contribution is 2.30. The van der Waals surface area contributed by atoms with E-state index in [0.29, 0.717) is 36.9 Å². The number of benzene rings is 1. The van der Waals surface area contributed by atoms with Crippen molar-refractivity contribution in [1.82, 2.24) is 14.5 Å². The lowest BCUT2D eigenvalue weighted by molar-refractivity contribution is 0.186. The van der Waals surface area contributed by atoms with Gasteiger partial charge in [0.2, 0.25) is 0 Å². The van der Waals surface area contributed by atoms with E-state index in [0.717, 1.165) is 23.2 Å². The lowest BCUT2D eigenvalue weighted by Crippen LogP contribution is -2.28. The second kappa shape index (κ2) is 6.52. The van der Waals surface area contributed by atoms with Crippen molar-refractivity contribution in [3.05, 3.63) is 29.8 Å². The summed E-state index contributed by atoms with van der Waals surface area (Å²) < 4.78 is 12.2. The number of aliphatic hydroxyl groups excluding tert-OH is 1. The van der Waals surface area contributed by atoms with E-state index in [-0.39, 0.29) is 5.76 Å². The average molecular weight is 330 g/mol. The van der Waals surface area contributed by atoms with Gasteiger partial charge < -0.3 is 24.0 Å². The average Bonchev–Trinajstić information content (AvgIpc) is 3.04. The van der Waals surface area contributed by atoms with Crippen LogP contribution in [0.5, 0.6) is 5.75 Å². The number of hydrogen-bond acceptors (Lipinski definition) is 5. The third kappa shape index (κ3) is 2.71. The Kier molecular flexibility index (Phi) is 4.44. The molecule has 0 saturated heterocycles. The van der Waals surface area contributed by atoms with Crippen molar-refractivity contribution >= 4 is 22.4 Å². The zero-order chi connectivity index (χ0) is 17.3. The quantitative estimate of drug-likeness (QED) is 0.793. The van der Waals surface area contributed by atoms with E-state index in [1.165, 1.54) is 0 Å². The Morgan fingerprint density at radius 1 is 1.33 bits per heavy atom. The predicted octanol–water partition coefficient (Wildman–Crippen LogP) is 2.18. The predicted molar refractivity (Wildman–Crippen MR) is 92.6 cm³/mol. The smallest absolute Gasteiger partial charge is 0.148 e. The molecule has 0 radical (unpaired) electrons. The van der Waals surface area contributed by atoms with E-state index >= 15 is 0 Å². The van der Waals surface area contributed by atoms with Crippen LogP contribution in [0.25, 0.3) is 16.6 Å². The van der Waals surface area contributed by atoms with Crippen molar-refractivity contribution in [2.45, 2.75) is 6.42 Å². The van der Waals surface area contributed by atoms with Gasteiger partial charge in [-0.05, 0) is 18.6 Å². The van der Waals surface area contributed by atoms with Gasteiger partial charge in [-0.2, -0.15) is 0 Å². The molecule has 1 aromatic heterocycles. The summed E-state index contributed by atoms with van der Waals surface area (Å²) in [5, 5.41) is 18.8. The standard InChI is InChI=1S/C17H22N4O3/c1-20-13-6-5-11(24-3)9-12(13)19-17(20)15-14(22)10-21(16(15)18)7-4-8-23-2/h5-6,9,18,22H,4,7-8,10H2,1-3H3. The Labute approximate surface area is 140 Å². The lowest BCUT2D eigenvalue weighted by Gasteiger charge is -2.18. The number of aryl methyl sites for hydroxylation is 1. The number of amidine groups is 1. The van der Waals surface area contributed by atoms with E-state index < -0.39 is 0 Å². The molecule has 7 nitrogen and oxygen atoms in total. The minimum Gasteiger partial charge on any atom is -0.510 e. The number of nitrogens with one attached hydrogen (secondary N) is 1. The number of hydrogen-bond donors (Lipinski definition) is 2. The zero-order valence-electron chi connectivity index (χ0n) is 14.2. The van der Waals surface area contributed by atoms with Gasteiger partial charge in [0.05, 0.1) is 30.3 Å². The number of nitrogens with zero attached hydrogens (tertiary/aromatic N) is 3. The summed E-state index contributed by atoms with van der Waals surface area (Å²) in [6.45, 7) is 1.63. The summed E-state index contributed by atoms with van der Waals surface area (Å²) >= 11 is 0. The molecule has 7 heteroatoms. The minimum atomic E-state index is 0.183. The summed E-state index contributed by atoms with van der Waals surface area (Å²) in [6.07, 6.45) is 0.805. The molecule has 0 aliphatic carbocycles. The molecule has 2 heterocycles. The first-order valence-corrected chi connectivity index (χ1v) is 7.82. The number of methoxy groups -OCH3 is 2. The monoisotopic (exact) mass is 330 g/mol. The first kappa shape index (κ1) is 16.3. The largest absolute Gasteiger partial charge is 0.510 e. The molecular formula is C17H22N4O3. The molecule has 1 aliphatic heterocycles. The molecule has 0 saturated carbocycles. The zero-order valence-corrected chi connectivity index (χ0v) is 14.2. The van der Waals surface area contributed by atoms with Crippen molar-refractivity contribution in [3.63, 3.8) is 0 Å². The summed E-state index contributed by atoms with van der Waals surface area (Å²) in [5.41, 5.74) is 2.19. The second-order valence-corrected chi connectivity index (χ2v) is 5.79. The number of aliphatic hydroxyl groups is 1. The van der Waals surface area contributed by atoms with Gasteiger partial charge in [0.1, 0.15) is 23.2 Å². The number of ether oxygens (including phenoxy) is 2. The SMILES string of the molecule is COCCCN1CC(O)=C(c2nc3cc(OC)ccc3n2C)C1=N. The number of imidazole rings is 1. The lowest BCUT2D eigenvalue weighted by atomic mass is 10.2. The highest BCUT2D eigenvalue weighted by atomic mass is 16.5. The van der Waals surface area contributed by atoms with Crippen molar-refractivity contribution in [2.75, 3.05) is 33.9 Å². The molecule has 24 heavy (non-hydrogen) atoms. The molecule has 128 valence electrons. The maximum absolute atomic E-state index is 10.4. The van der Waals surface area contributed by atoms with Gasteiger partial charge in [-0.25, -0.2) is 4.98 Å². The van der Waals surface area contributed by atoms with E-state index in [1.807, 2.05) is 34.7 Å². The van der Waals surface area contributed by atoms with Crippen LogP contribution in [0.1, 0.15) is 12.2 Å². The van der Waals surface area contributed by atoms with Crippen LogP contribution in [0.3, 0.4) is 0 Å². The van der Waals surface area contributed by atoms with Crippen LogP contribution in [0.2, 0.25) is 0 Å². The highest BCUT2D eigenvalue weighted by Gasteiger charge is 2.31. The summed E-state index contributed by atoms with van der Waals surface area (Å²) in [5.74, 6) is 1.81. The Balaban J connectivity index is 1.93. The van der Waals surface area contributed by atoms with Crippen LogP contribution in [0.15, 0.2) is 24.0 Å². The Bertz CT molecular complexity index is 810. The molecule has 0 amide bonds. The normalized spacial score (nSPS) is 15.0. The van der Waals surface area contributed by atoms with Crippen LogP contribution < -0.4 is 4.74 Å². The Morgan fingerprint density at radius 2 is 2.12 bits per heavy atom. The van der Waals surface area contributed by atoms with Crippen molar-refractivity contribution in [3.8, 4) is 5.75 Å². The minimum absolute atomic E-state index is 0.183. The molecule has 0 bridgehead atoms. The third-order valence-electron chi connectivity index (χ3n) is 4.27. The molecule has 2 N–H and O–H groups in total. The molecule has 1 aliphatic rings. The van der Waals surface area contributed by atoms with E-state index in [4.69, 9.17) is 14.9 Å². The topological polar surface area (TPSA) is 83.6 Å². The van der Waals surface area contributed by atoms with Gasteiger partial charge in [0.15, 0.2) is 0 Å². The maximum atomic E-state index is 10.4. The Hall–Kier alpha value is -2.54. The molecule has 0 unspecified atom stereocenters. The molecule has 1 aromatic carbocycles. The van der Waals surface area contributed by atoms with Gasteiger partial charge in [0, 0.05) is 33.4 Å². The van der Waals surface area contributed by atoms with Crippen molar-refractivity contribution in [2.24, 2.45) is 7.05 Å². The molecule has 2 aromatic rings. The van der Waals surface area contributed by atoms with Crippen molar-refractivity contribution in [1.29, 1.82) is 5.41 Å². The van der Waals surface area contributed by atoms with E-state index in [9.17, 15) is 5.11 Å². The molecule has 0 fully saturated rings. The Morgan fingerprint density at radius 3 is 2.83 bits per heavy atom.